The normalized spacial score (nSPS) is 24.6. The monoisotopic (exact) mass is 344 g/mol. The van der Waals surface area contributed by atoms with Gasteiger partial charge in [0.2, 0.25) is 5.91 Å². The van der Waals surface area contributed by atoms with Gasteiger partial charge in [-0.05, 0) is 44.9 Å². The van der Waals surface area contributed by atoms with E-state index in [1.807, 2.05) is 30.0 Å². The summed E-state index contributed by atoms with van der Waals surface area (Å²) in [5.41, 5.74) is 1.55. The first-order valence-corrected chi connectivity index (χ1v) is 8.86. The van der Waals surface area contributed by atoms with Crippen LogP contribution in [0.4, 0.5) is 5.69 Å². The van der Waals surface area contributed by atoms with Crippen LogP contribution in [0.15, 0.2) is 24.3 Å². The van der Waals surface area contributed by atoms with Crippen LogP contribution in [0.25, 0.3) is 0 Å². The van der Waals surface area contributed by atoms with Crippen LogP contribution in [-0.4, -0.2) is 48.4 Å². The lowest BCUT2D eigenvalue weighted by Crippen LogP contribution is -2.48. The first kappa shape index (κ1) is 17.6. The molecule has 2 atom stereocenters. The van der Waals surface area contributed by atoms with Crippen molar-refractivity contribution in [1.82, 2.24) is 4.90 Å². The Morgan fingerprint density at radius 2 is 2.04 bits per heavy atom. The first-order valence-electron chi connectivity index (χ1n) is 8.86. The van der Waals surface area contributed by atoms with Gasteiger partial charge in [0.25, 0.3) is 5.91 Å². The van der Waals surface area contributed by atoms with E-state index in [0.29, 0.717) is 18.8 Å². The molecule has 6 heteroatoms. The summed E-state index contributed by atoms with van der Waals surface area (Å²) in [4.78, 5) is 40.7. The maximum atomic E-state index is 12.9. The zero-order valence-corrected chi connectivity index (χ0v) is 14.7. The molecule has 134 valence electrons. The van der Waals surface area contributed by atoms with Gasteiger partial charge in [0.1, 0.15) is 0 Å². The highest BCUT2D eigenvalue weighted by molar-refractivity contribution is 6.22. The highest BCUT2D eigenvalue weighted by Crippen LogP contribution is 2.30. The molecule has 0 aliphatic carbocycles. The summed E-state index contributed by atoms with van der Waals surface area (Å²) in [6.45, 7) is 5.24. The molecule has 2 aliphatic rings. The minimum absolute atomic E-state index is 0.169. The van der Waals surface area contributed by atoms with Crippen LogP contribution in [0.2, 0.25) is 0 Å². The molecule has 2 aliphatic heterocycles. The van der Waals surface area contributed by atoms with Gasteiger partial charge in [-0.15, -0.1) is 0 Å². The molecule has 2 saturated heterocycles. The van der Waals surface area contributed by atoms with Gasteiger partial charge in [-0.25, -0.2) is 4.90 Å². The smallest absolute Gasteiger partial charge is 0.310 e. The van der Waals surface area contributed by atoms with Gasteiger partial charge in [-0.1, -0.05) is 18.2 Å². The lowest BCUT2D eigenvalue weighted by atomic mass is 9.96. The summed E-state index contributed by atoms with van der Waals surface area (Å²) < 4.78 is 5.12. The lowest BCUT2D eigenvalue weighted by Gasteiger charge is -2.34. The fourth-order valence-electron chi connectivity index (χ4n) is 3.71. The van der Waals surface area contributed by atoms with Crippen molar-refractivity contribution in [2.45, 2.75) is 39.2 Å². The van der Waals surface area contributed by atoms with Crippen molar-refractivity contribution >= 4 is 23.5 Å². The van der Waals surface area contributed by atoms with Gasteiger partial charge in [0.05, 0.1) is 30.7 Å². The van der Waals surface area contributed by atoms with Crippen molar-refractivity contribution < 1.29 is 19.1 Å². The molecule has 0 unspecified atom stereocenters. The molecule has 0 N–H and O–H groups in total. The van der Waals surface area contributed by atoms with E-state index < -0.39 is 6.04 Å². The second-order valence-corrected chi connectivity index (χ2v) is 6.66. The Morgan fingerprint density at radius 3 is 2.76 bits per heavy atom. The number of likely N-dealkylation sites (tertiary alicyclic amines) is 1. The van der Waals surface area contributed by atoms with Crippen molar-refractivity contribution in [3.63, 3.8) is 0 Å². The standard InChI is InChI=1S/C19H24N2O4/c1-3-25-19(24)14-8-6-10-20(12-14)16-11-17(22)21(18(16)23)15-9-5-4-7-13(15)2/h4-5,7,9,14,16H,3,6,8,10-12H2,1-2H3/t14-,16+/m0/s1. The number of ether oxygens (including phenoxy) is 1. The van der Waals surface area contributed by atoms with E-state index in [1.54, 1.807) is 13.0 Å². The van der Waals surface area contributed by atoms with Gasteiger partial charge >= 0.3 is 5.97 Å². The molecule has 3 rings (SSSR count). The fraction of sp³-hybridized carbons (Fsp3) is 0.526. The summed E-state index contributed by atoms with van der Waals surface area (Å²) in [5.74, 6) is -0.796. The molecule has 1 aromatic carbocycles. The molecule has 2 fully saturated rings. The second-order valence-electron chi connectivity index (χ2n) is 6.66. The minimum Gasteiger partial charge on any atom is -0.466 e. The summed E-state index contributed by atoms with van der Waals surface area (Å²) >= 11 is 0. The third-order valence-corrected chi connectivity index (χ3v) is 4.99. The van der Waals surface area contributed by atoms with Crippen LogP contribution in [-0.2, 0) is 19.1 Å². The van der Waals surface area contributed by atoms with Crippen molar-refractivity contribution in [1.29, 1.82) is 0 Å². The number of aryl methyl sites for hydroxylation is 1. The average molecular weight is 344 g/mol. The zero-order chi connectivity index (χ0) is 18.0. The maximum Gasteiger partial charge on any atom is 0.310 e. The summed E-state index contributed by atoms with van der Waals surface area (Å²) in [7, 11) is 0. The Hall–Kier alpha value is -2.21. The van der Waals surface area contributed by atoms with Crippen LogP contribution < -0.4 is 4.90 Å². The number of anilines is 1. The predicted octanol–water partition coefficient (Wildman–Crippen LogP) is 1.90. The van der Waals surface area contributed by atoms with Crippen molar-refractivity contribution in [3.8, 4) is 0 Å². The van der Waals surface area contributed by atoms with E-state index in [2.05, 4.69) is 0 Å². The van der Waals surface area contributed by atoms with Crippen molar-refractivity contribution in [2.75, 3.05) is 24.6 Å². The number of hydrogen-bond acceptors (Lipinski definition) is 5. The van der Waals surface area contributed by atoms with Crippen LogP contribution in [0.3, 0.4) is 0 Å². The Labute approximate surface area is 147 Å². The SMILES string of the molecule is CCOC(=O)[C@H]1CCCN([C@@H]2CC(=O)N(c3ccccc3C)C2=O)C1. The molecule has 6 nitrogen and oxygen atoms in total. The number of esters is 1. The number of amides is 2. The quantitative estimate of drug-likeness (QED) is 0.616. The maximum absolute atomic E-state index is 12.9. The van der Waals surface area contributed by atoms with Crippen LogP contribution in [0.1, 0.15) is 31.7 Å². The first-order chi connectivity index (χ1) is 12.0. The average Bonchev–Trinajstić information content (AvgIpc) is 2.90. The lowest BCUT2D eigenvalue weighted by molar-refractivity contribution is -0.150. The Kier molecular flexibility index (Phi) is 5.18. The summed E-state index contributed by atoms with van der Waals surface area (Å²) in [5, 5.41) is 0. The molecule has 0 radical (unpaired) electrons. The summed E-state index contributed by atoms with van der Waals surface area (Å²) in [6, 6.07) is 6.92. The van der Waals surface area contributed by atoms with E-state index in [4.69, 9.17) is 4.74 Å². The Bertz CT molecular complexity index is 688. The summed E-state index contributed by atoms with van der Waals surface area (Å²) in [6.07, 6.45) is 1.76. The van der Waals surface area contributed by atoms with Crippen LogP contribution in [0, 0.1) is 12.8 Å². The Balaban J connectivity index is 1.76. The van der Waals surface area contributed by atoms with E-state index in [0.717, 1.165) is 24.9 Å². The second kappa shape index (κ2) is 7.35. The fourth-order valence-corrected chi connectivity index (χ4v) is 3.71. The number of benzene rings is 1. The number of rotatable bonds is 4. The third-order valence-electron chi connectivity index (χ3n) is 4.99. The number of piperidine rings is 1. The topological polar surface area (TPSA) is 66.9 Å². The molecule has 2 amide bonds. The molecule has 0 spiro atoms. The molecule has 25 heavy (non-hydrogen) atoms. The van der Waals surface area contributed by atoms with Crippen molar-refractivity contribution in [2.24, 2.45) is 5.92 Å². The molecular weight excluding hydrogens is 320 g/mol. The third kappa shape index (κ3) is 3.44. The van der Waals surface area contributed by atoms with Gasteiger partial charge < -0.3 is 4.74 Å². The molecule has 2 heterocycles. The van der Waals surface area contributed by atoms with E-state index in [-0.39, 0.29) is 30.1 Å². The van der Waals surface area contributed by atoms with Crippen molar-refractivity contribution in [3.05, 3.63) is 29.8 Å². The molecule has 0 saturated carbocycles. The number of imide groups is 1. The van der Waals surface area contributed by atoms with E-state index in [9.17, 15) is 14.4 Å². The highest BCUT2D eigenvalue weighted by Gasteiger charge is 2.44. The largest absolute Gasteiger partial charge is 0.466 e. The molecule has 1 aromatic rings. The Morgan fingerprint density at radius 1 is 1.28 bits per heavy atom. The van der Waals surface area contributed by atoms with E-state index >= 15 is 0 Å². The van der Waals surface area contributed by atoms with Gasteiger partial charge in [-0.3, -0.25) is 19.3 Å². The van der Waals surface area contributed by atoms with E-state index in [1.165, 1.54) is 4.90 Å². The number of nitrogens with zero attached hydrogens (tertiary/aromatic N) is 2. The molecule has 0 aromatic heterocycles. The number of carbonyl (C=O) groups excluding carboxylic acids is 3. The predicted molar refractivity (Wildman–Crippen MR) is 93.0 cm³/mol. The minimum atomic E-state index is -0.482. The number of carbonyl (C=O) groups is 3. The van der Waals surface area contributed by atoms with Gasteiger partial charge in [-0.2, -0.15) is 0 Å². The molecule has 0 bridgehead atoms. The van der Waals surface area contributed by atoms with Gasteiger partial charge in [0.15, 0.2) is 0 Å². The zero-order valence-electron chi connectivity index (χ0n) is 14.7. The number of para-hydroxylation sites is 1. The van der Waals surface area contributed by atoms with Crippen LogP contribution >= 0.6 is 0 Å². The number of hydrogen-bond donors (Lipinski definition) is 0. The van der Waals surface area contributed by atoms with Gasteiger partial charge in [0, 0.05) is 6.54 Å². The molecular formula is C19H24N2O4. The van der Waals surface area contributed by atoms with Crippen LogP contribution in [0.5, 0.6) is 0 Å². The highest BCUT2D eigenvalue weighted by atomic mass is 16.5.